The van der Waals surface area contributed by atoms with Crippen LogP contribution in [0.4, 0.5) is 10.2 Å². The molecule has 0 aliphatic carbocycles. The number of carbonyl (C=O) groups is 1. The molecule has 1 N–H and O–H groups in total. The molecule has 0 aromatic carbocycles. The van der Waals surface area contributed by atoms with Crippen LogP contribution in [0.3, 0.4) is 0 Å². The molecule has 186 valence electrons. The van der Waals surface area contributed by atoms with E-state index in [0.717, 1.165) is 73.4 Å². The third-order valence-corrected chi connectivity index (χ3v) is 6.95. The van der Waals surface area contributed by atoms with E-state index < -0.39 is 0 Å². The summed E-state index contributed by atoms with van der Waals surface area (Å²) in [6, 6.07) is 5.81. The average molecular weight is 480 g/mol. The van der Waals surface area contributed by atoms with Crippen molar-refractivity contribution < 1.29 is 9.18 Å². The van der Waals surface area contributed by atoms with Crippen LogP contribution >= 0.6 is 0 Å². The molecule has 0 unspecified atom stereocenters. The van der Waals surface area contributed by atoms with E-state index in [9.17, 15) is 9.18 Å². The summed E-state index contributed by atoms with van der Waals surface area (Å²) in [5.41, 5.74) is 3.61. The Bertz CT molecular complexity index is 1190. The van der Waals surface area contributed by atoms with E-state index in [-0.39, 0.29) is 18.5 Å². The van der Waals surface area contributed by atoms with Crippen LogP contribution in [-0.2, 0) is 17.9 Å². The molecule has 1 amide bonds. The summed E-state index contributed by atoms with van der Waals surface area (Å²) in [5.74, 6) is 1.12. The van der Waals surface area contributed by atoms with Crippen molar-refractivity contribution in [1.82, 2.24) is 29.5 Å². The zero-order valence-electron chi connectivity index (χ0n) is 20.6. The summed E-state index contributed by atoms with van der Waals surface area (Å²) in [6.07, 6.45) is 5.55. The number of amides is 1. The highest BCUT2D eigenvalue weighted by molar-refractivity contribution is 5.94. The lowest BCUT2D eigenvalue weighted by Crippen LogP contribution is -2.42. The lowest BCUT2D eigenvalue weighted by atomic mass is 9.96. The minimum Gasteiger partial charge on any atom is -0.310 e. The first kappa shape index (κ1) is 23.8. The fraction of sp³-hybridized carbons (Fsp3) is 0.538. The SMILES string of the molecule is CC(C)CN1CCC[C@@H](C(=O)Nc2cc3nc(-c4cnn5c4CN(CCF)CC5)ccc3cn2)C1. The molecule has 0 bridgehead atoms. The van der Waals surface area contributed by atoms with Gasteiger partial charge in [0, 0.05) is 55.9 Å². The second kappa shape index (κ2) is 10.4. The van der Waals surface area contributed by atoms with E-state index >= 15 is 0 Å². The van der Waals surface area contributed by atoms with E-state index in [2.05, 4.69) is 39.0 Å². The number of alkyl halides is 1. The van der Waals surface area contributed by atoms with Crippen LogP contribution < -0.4 is 5.32 Å². The molecule has 1 atom stereocenters. The number of hydrogen-bond acceptors (Lipinski definition) is 6. The van der Waals surface area contributed by atoms with Crippen molar-refractivity contribution in [1.29, 1.82) is 0 Å². The summed E-state index contributed by atoms with van der Waals surface area (Å²) < 4.78 is 14.9. The van der Waals surface area contributed by atoms with Crippen LogP contribution in [0.2, 0.25) is 0 Å². The van der Waals surface area contributed by atoms with Crippen LogP contribution in [0.15, 0.2) is 30.6 Å². The van der Waals surface area contributed by atoms with Gasteiger partial charge in [0.15, 0.2) is 0 Å². The number of rotatable bonds is 7. The molecule has 35 heavy (non-hydrogen) atoms. The molecule has 9 heteroatoms. The van der Waals surface area contributed by atoms with Gasteiger partial charge in [-0.3, -0.25) is 14.4 Å². The maximum Gasteiger partial charge on any atom is 0.229 e. The standard InChI is InChI=1S/C26H34FN7O/c1-18(2)15-33-8-3-4-20(16-33)26(35)31-25-12-23-19(13-28-25)5-6-22(30-23)21-14-29-34-11-10-32(9-7-27)17-24(21)34/h5-6,12-14,18,20H,3-4,7-11,15-17H2,1-2H3,(H,28,31,35)/t20-/m1/s1. The molecular weight excluding hydrogens is 445 g/mol. The van der Waals surface area contributed by atoms with Gasteiger partial charge in [0.25, 0.3) is 0 Å². The molecule has 5 heterocycles. The van der Waals surface area contributed by atoms with Crippen molar-refractivity contribution in [3.05, 3.63) is 36.3 Å². The maximum atomic E-state index is 13.0. The number of fused-ring (bicyclic) bond motifs is 2. The number of anilines is 1. The highest BCUT2D eigenvalue weighted by Gasteiger charge is 2.26. The van der Waals surface area contributed by atoms with Gasteiger partial charge in [-0.05, 0) is 37.4 Å². The Morgan fingerprint density at radius 3 is 2.91 bits per heavy atom. The van der Waals surface area contributed by atoms with Gasteiger partial charge >= 0.3 is 0 Å². The Hall–Kier alpha value is -2.91. The topological polar surface area (TPSA) is 79.2 Å². The average Bonchev–Trinajstić information content (AvgIpc) is 3.27. The Balaban J connectivity index is 1.33. The van der Waals surface area contributed by atoms with E-state index in [0.29, 0.717) is 24.8 Å². The van der Waals surface area contributed by atoms with Gasteiger partial charge in [0.05, 0.1) is 35.6 Å². The molecule has 3 aromatic rings. The van der Waals surface area contributed by atoms with E-state index in [4.69, 9.17) is 4.98 Å². The fourth-order valence-electron chi connectivity index (χ4n) is 5.24. The Morgan fingerprint density at radius 1 is 1.20 bits per heavy atom. The summed E-state index contributed by atoms with van der Waals surface area (Å²) in [7, 11) is 0. The number of halogens is 1. The molecule has 2 aliphatic heterocycles. The van der Waals surface area contributed by atoms with Gasteiger partial charge in [-0.1, -0.05) is 13.8 Å². The molecule has 2 aliphatic rings. The second-order valence-electron chi connectivity index (χ2n) is 10.1. The van der Waals surface area contributed by atoms with Crippen molar-refractivity contribution in [2.75, 3.05) is 44.7 Å². The highest BCUT2D eigenvalue weighted by atomic mass is 19.1. The first-order chi connectivity index (χ1) is 17.0. The predicted molar refractivity (Wildman–Crippen MR) is 135 cm³/mol. The molecule has 3 aromatic heterocycles. The van der Waals surface area contributed by atoms with Crippen LogP contribution in [0.25, 0.3) is 22.2 Å². The van der Waals surface area contributed by atoms with Crippen LogP contribution in [0.1, 0.15) is 32.4 Å². The van der Waals surface area contributed by atoms with E-state index in [1.165, 1.54) is 0 Å². The zero-order valence-corrected chi connectivity index (χ0v) is 20.6. The number of pyridine rings is 2. The minimum absolute atomic E-state index is 0.0227. The van der Waals surface area contributed by atoms with Crippen molar-refractivity contribution >= 4 is 22.6 Å². The van der Waals surface area contributed by atoms with Crippen molar-refractivity contribution in [2.24, 2.45) is 11.8 Å². The molecule has 1 fully saturated rings. The minimum atomic E-state index is -0.351. The number of carbonyl (C=O) groups excluding carboxylic acids is 1. The normalized spacial score (nSPS) is 19.3. The number of nitrogens with zero attached hydrogens (tertiary/aromatic N) is 6. The van der Waals surface area contributed by atoms with Gasteiger partial charge in [-0.25, -0.2) is 14.4 Å². The number of likely N-dealkylation sites (tertiary alicyclic amines) is 1. The lowest BCUT2D eigenvalue weighted by Gasteiger charge is -2.32. The third kappa shape index (κ3) is 5.36. The molecule has 5 rings (SSSR count). The summed E-state index contributed by atoms with van der Waals surface area (Å²) in [6.45, 7) is 9.59. The highest BCUT2D eigenvalue weighted by Crippen LogP contribution is 2.28. The van der Waals surface area contributed by atoms with E-state index in [1.54, 1.807) is 6.20 Å². The molecule has 0 radical (unpaired) electrons. The first-order valence-corrected chi connectivity index (χ1v) is 12.6. The maximum absolute atomic E-state index is 13.0. The number of hydrogen-bond donors (Lipinski definition) is 1. The van der Waals surface area contributed by atoms with Gasteiger partial charge in [-0.15, -0.1) is 0 Å². The smallest absolute Gasteiger partial charge is 0.229 e. The Labute approximate surface area is 205 Å². The number of piperidine rings is 1. The first-order valence-electron chi connectivity index (χ1n) is 12.6. The molecule has 0 spiro atoms. The molecule has 1 saturated heterocycles. The van der Waals surface area contributed by atoms with Crippen molar-refractivity contribution in [3.63, 3.8) is 0 Å². The van der Waals surface area contributed by atoms with Crippen molar-refractivity contribution in [2.45, 2.75) is 39.8 Å². The second-order valence-corrected chi connectivity index (χ2v) is 10.1. The Morgan fingerprint density at radius 2 is 2.09 bits per heavy atom. The monoisotopic (exact) mass is 479 g/mol. The van der Waals surface area contributed by atoms with Crippen LogP contribution in [0.5, 0.6) is 0 Å². The third-order valence-electron chi connectivity index (χ3n) is 6.95. The molecule has 0 saturated carbocycles. The van der Waals surface area contributed by atoms with Gasteiger partial charge in [0.2, 0.25) is 5.91 Å². The molecular formula is C26H34FN7O. The zero-order chi connectivity index (χ0) is 24.4. The number of nitrogens with one attached hydrogen (secondary N) is 1. The Kier molecular flexibility index (Phi) is 7.06. The largest absolute Gasteiger partial charge is 0.310 e. The van der Waals surface area contributed by atoms with Gasteiger partial charge in [-0.2, -0.15) is 5.10 Å². The summed E-state index contributed by atoms with van der Waals surface area (Å²) >= 11 is 0. The van der Waals surface area contributed by atoms with Gasteiger partial charge in [0.1, 0.15) is 12.5 Å². The summed E-state index contributed by atoms with van der Waals surface area (Å²) in [5, 5.41) is 8.46. The quantitative estimate of drug-likeness (QED) is 0.558. The number of aromatic nitrogens is 4. The van der Waals surface area contributed by atoms with Gasteiger partial charge < -0.3 is 10.2 Å². The van der Waals surface area contributed by atoms with Crippen molar-refractivity contribution in [3.8, 4) is 11.3 Å². The fourth-order valence-corrected chi connectivity index (χ4v) is 5.24. The van der Waals surface area contributed by atoms with E-state index in [1.807, 2.05) is 29.1 Å². The molecule has 8 nitrogen and oxygen atoms in total. The summed E-state index contributed by atoms with van der Waals surface area (Å²) in [4.78, 5) is 26.8. The van der Waals surface area contributed by atoms with Crippen LogP contribution in [0, 0.1) is 11.8 Å². The lowest BCUT2D eigenvalue weighted by molar-refractivity contribution is -0.121. The predicted octanol–water partition coefficient (Wildman–Crippen LogP) is 3.58. The van der Waals surface area contributed by atoms with Crippen LogP contribution in [-0.4, -0.2) is 74.9 Å².